The van der Waals surface area contributed by atoms with Crippen molar-refractivity contribution in [3.63, 3.8) is 0 Å². The molecule has 0 saturated carbocycles. The number of carboxylic acid groups (broad SMARTS) is 1. The molecule has 0 amide bonds. The largest absolute Gasteiger partial charge is 0.481 e. The fourth-order valence-corrected chi connectivity index (χ4v) is 1.08. The van der Waals surface area contributed by atoms with Gasteiger partial charge in [0.25, 0.3) is 0 Å². The second kappa shape index (κ2) is 4.45. The minimum atomic E-state index is -0.925. The predicted octanol–water partition coefficient (Wildman–Crippen LogP) is 2.63. The summed E-state index contributed by atoms with van der Waals surface area (Å²) in [6, 6.07) is 2.19. The highest BCUT2D eigenvalue weighted by Crippen LogP contribution is 2.28. The molecule has 0 aliphatic rings. The maximum absolute atomic E-state index is 10.7. The van der Waals surface area contributed by atoms with E-state index in [1.807, 2.05) is 13.8 Å². The highest BCUT2D eigenvalue weighted by molar-refractivity contribution is 5.74. The van der Waals surface area contributed by atoms with E-state index >= 15 is 0 Å². The van der Waals surface area contributed by atoms with Crippen LogP contribution in [0, 0.1) is 29.1 Å². The summed E-state index contributed by atoms with van der Waals surface area (Å²) >= 11 is 0. The maximum Gasteiger partial charge on any atom is 0.309 e. The average molecular weight is 196 g/mol. The van der Waals surface area contributed by atoms with Gasteiger partial charge in [-0.2, -0.15) is 5.26 Å². The number of hydrogen-bond donors (Lipinski definition) is 1. The minimum absolute atomic E-state index is 0.366. The lowest BCUT2D eigenvalue weighted by Crippen LogP contribution is -2.24. The van der Waals surface area contributed by atoms with Crippen LogP contribution in [-0.2, 0) is 4.79 Å². The summed E-state index contributed by atoms with van der Waals surface area (Å²) in [6.07, 6.45) is 1.93. The predicted molar refractivity (Wildman–Crippen MR) is 54.3 cm³/mol. The Labute approximate surface area is 85.7 Å². The SMILES string of the molecule is [CH2]C(C)(CCCC(C)(C)C#N)C(=O)O. The van der Waals surface area contributed by atoms with Gasteiger partial charge in [-0.25, -0.2) is 0 Å². The van der Waals surface area contributed by atoms with Crippen LogP contribution in [0.25, 0.3) is 0 Å². The molecule has 0 aliphatic heterocycles. The number of aliphatic carboxylic acids is 1. The molecule has 3 heteroatoms. The van der Waals surface area contributed by atoms with Gasteiger partial charge in [0.05, 0.1) is 16.9 Å². The summed E-state index contributed by atoms with van der Waals surface area (Å²) < 4.78 is 0. The zero-order chi connectivity index (χ0) is 11.4. The van der Waals surface area contributed by atoms with E-state index in [1.54, 1.807) is 6.92 Å². The topological polar surface area (TPSA) is 61.1 Å². The fourth-order valence-electron chi connectivity index (χ4n) is 1.08. The molecule has 0 spiro atoms. The molecule has 0 heterocycles. The van der Waals surface area contributed by atoms with Crippen molar-refractivity contribution in [2.75, 3.05) is 0 Å². The van der Waals surface area contributed by atoms with Crippen molar-refractivity contribution in [2.45, 2.75) is 40.0 Å². The first kappa shape index (κ1) is 13.0. The Morgan fingerprint density at radius 1 is 1.43 bits per heavy atom. The van der Waals surface area contributed by atoms with Gasteiger partial charge in [0.15, 0.2) is 0 Å². The first-order valence-electron chi connectivity index (χ1n) is 4.71. The van der Waals surface area contributed by atoms with E-state index in [9.17, 15) is 4.79 Å². The number of rotatable bonds is 5. The van der Waals surface area contributed by atoms with Crippen LogP contribution < -0.4 is 0 Å². The Bertz CT molecular complexity index is 249. The van der Waals surface area contributed by atoms with Crippen LogP contribution in [0.4, 0.5) is 0 Å². The monoisotopic (exact) mass is 196 g/mol. The molecular formula is C11H18NO2. The van der Waals surface area contributed by atoms with Crippen LogP contribution in [0.2, 0.25) is 0 Å². The number of carboxylic acids is 1. The molecule has 0 bridgehead atoms. The van der Waals surface area contributed by atoms with Crippen LogP contribution in [0.15, 0.2) is 0 Å². The van der Waals surface area contributed by atoms with Gasteiger partial charge in [-0.1, -0.05) is 6.42 Å². The Balaban J connectivity index is 3.99. The molecule has 0 fully saturated rings. The average Bonchev–Trinajstić information content (AvgIpc) is 2.03. The van der Waals surface area contributed by atoms with E-state index < -0.39 is 11.4 Å². The molecule has 1 atom stereocenters. The molecule has 14 heavy (non-hydrogen) atoms. The van der Waals surface area contributed by atoms with E-state index in [-0.39, 0.29) is 5.41 Å². The molecule has 1 radical (unpaired) electrons. The van der Waals surface area contributed by atoms with Gasteiger partial charge in [-0.15, -0.1) is 0 Å². The van der Waals surface area contributed by atoms with E-state index in [0.717, 1.165) is 0 Å². The Hall–Kier alpha value is -1.04. The van der Waals surface area contributed by atoms with E-state index in [4.69, 9.17) is 10.4 Å². The molecule has 1 N–H and O–H groups in total. The van der Waals surface area contributed by atoms with Crippen molar-refractivity contribution in [1.82, 2.24) is 0 Å². The summed E-state index contributed by atoms with van der Waals surface area (Å²) in [5.74, 6) is -0.882. The standard InChI is InChI=1S/C11H18NO2/c1-10(2,8-12)6-5-7-11(3,4)9(13)14/h3,5-7H2,1-2,4H3,(H,13,14). The fraction of sp³-hybridized carbons (Fsp3) is 0.727. The van der Waals surface area contributed by atoms with Gasteiger partial charge in [0, 0.05) is 0 Å². The smallest absolute Gasteiger partial charge is 0.309 e. The molecule has 0 aromatic carbocycles. The third kappa shape index (κ3) is 4.27. The summed E-state index contributed by atoms with van der Waals surface area (Å²) in [5.41, 5.74) is -1.29. The molecule has 79 valence electrons. The van der Waals surface area contributed by atoms with Crippen LogP contribution in [-0.4, -0.2) is 11.1 Å². The van der Waals surface area contributed by atoms with Crippen molar-refractivity contribution >= 4 is 5.97 Å². The molecule has 0 aliphatic carbocycles. The molecule has 0 saturated heterocycles. The lowest BCUT2D eigenvalue weighted by Gasteiger charge is -2.21. The van der Waals surface area contributed by atoms with E-state index in [2.05, 4.69) is 13.0 Å². The van der Waals surface area contributed by atoms with Crippen LogP contribution in [0.3, 0.4) is 0 Å². The normalized spacial score (nSPS) is 12.2. The van der Waals surface area contributed by atoms with Crippen molar-refractivity contribution < 1.29 is 9.90 Å². The Morgan fingerprint density at radius 3 is 2.29 bits per heavy atom. The zero-order valence-electron chi connectivity index (χ0n) is 9.13. The quantitative estimate of drug-likeness (QED) is 0.735. The summed E-state index contributed by atoms with van der Waals surface area (Å²) in [4.78, 5) is 10.7. The van der Waals surface area contributed by atoms with Crippen LogP contribution in [0.1, 0.15) is 40.0 Å². The van der Waals surface area contributed by atoms with Gasteiger partial charge < -0.3 is 5.11 Å². The lowest BCUT2D eigenvalue weighted by atomic mass is 9.82. The number of nitrogens with zero attached hydrogens (tertiary/aromatic N) is 1. The van der Waals surface area contributed by atoms with Gasteiger partial charge in [0.1, 0.15) is 0 Å². The van der Waals surface area contributed by atoms with Gasteiger partial charge in [0.2, 0.25) is 0 Å². The van der Waals surface area contributed by atoms with Gasteiger partial charge >= 0.3 is 5.97 Å². The van der Waals surface area contributed by atoms with Crippen molar-refractivity contribution in [3.05, 3.63) is 6.92 Å². The van der Waals surface area contributed by atoms with E-state index in [1.165, 1.54) is 0 Å². The number of nitriles is 1. The first-order valence-corrected chi connectivity index (χ1v) is 4.71. The summed E-state index contributed by atoms with van der Waals surface area (Å²) in [5, 5.41) is 17.6. The highest BCUT2D eigenvalue weighted by atomic mass is 16.4. The number of carbonyl (C=O) groups is 1. The molecule has 3 nitrogen and oxygen atoms in total. The molecule has 1 unspecified atom stereocenters. The summed E-state index contributed by atoms with van der Waals surface area (Å²) in [7, 11) is 0. The Kier molecular flexibility index (Phi) is 4.12. The minimum Gasteiger partial charge on any atom is -0.481 e. The Morgan fingerprint density at radius 2 is 1.93 bits per heavy atom. The van der Waals surface area contributed by atoms with Crippen molar-refractivity contribution in [2.24, 2.45) is 10.8 Å². The number of hydrogen-bond acceptors (Lipinski definition) is 2. The second-order valence-electron chi connectivity index (χ2n) is 4.72. The molecule has 0 aromatic rings. The van der Waals surface area contributed by atoms with Gasteiger partial charge in [-0.05, 0) is 40.5 Å². The lowest BCUT2D eigenvalue weighted by molar-refractivity contribution is -0.145. The second-order valence-corrected chi connectivity index (χ2v) is 4.72. The summed E-state index contributed by atoms with van der Waals surface area (Å²) in [6.45, 7) is 8.95. The first-order chi connectivity index (χ1) is 6.21. The van der Waals surface area contributed by atoms with Crippen molar-refractivity contribution in [1.29, 1.82) is 5.26 Å². The third-order valence-electron chi connectivity index (χ3n) is 2.35. The molecular weight excluding hydrogens is 178 g/mol. The maximum atomic E-state index is 10.7. The third-order valence-corrected chi connectivity index (χ3v) is 2.35. The van der Waals surface area contributed by atoms with Crippen LogP contribution >= 0.6 is 0 Å². The van der Waals surface area contributed by atoms with E-state index in [0.29, 0.717) is 19.3 Å². The van der Waals surface area contributed by atoms with Crippen molar-refractivity contribution in [3.8, 4) is 6.07 Å². The molecule has 0 aromatic heterocycles. The van der Waals surface area contributed by atoms with Crippen LogP contribution in [0.5, 0.6) is 0 Å². The van der Waals surface area contributed by atoms with Gasteiger partial charge in [-0.3, -0.25) is 4.79 Å². The molecule has 0 rings (SSSR count). The zero-order valence-corrected chi connectivity index (χ0v) is 9.13. The highest BCUT2D eigenvalue weighted by Gasteiger charge is 2.27.